The van der Waals surface area contributed by atoms with Crippen molar-refractivity contribution in [3.8, 4) is 5.75 Å². The number of aliphatic hydroxyl groups is 1. The second-order valence-electron chi connectivity index (χ2n) is 5.69. The van der Waals surface area contributed by atoms with E-state index in [2.05, 4.69) is 4.90 Å². The molecule has 0 aliphatic carbocycles. The van der Waals surface area contributed by atoms with E-state index in [9.17, 15) is 24.9 Å². The Labute approximate surface area is 128 Å². The average molecular weight is 310 g/mol. The van der Waals surface area contributed by atoms with Gasteiger partial charge in [-0.2, -0.15) is 0 Å². The second-order valence-corrected chi connectivity index (χ2v) is 5.69. The summed E-state index contributed by atoms with van der Waals surface area (Å²) >= 11 is 0. The molecule has 1 unspecified atom stereocenters. The van der Waals surface area contributed by atoms with Gasteiger partial charge in [-0.1, -0.05) is 6.42 Å². The predicted octanol–water partition coefficient (Wildman–Crippen LogP) is 0.466. The maximum atomic E-state index is 11.8. The van der Waals surface area contributed by atoms with Crippen molar-refractivity contribution in [2.75, 3.05) is 19.7 Å². The van der Waals surface area contributed by atoms with Gasteiger partial charge in [0.05, 0.1) is 12.3 Å². The zero-order valence-electron chi connectivity index (χ0n) is 12.7. The highest BCUT2D eigenvalue weighted by Gasteiger charge is 2.26. The van der Waals surface area contributed by atoms with Crippen LogP contribution in [0.2, 0.25) is 0 Å². The van der Waals surface area contributed by atoms with E-state index in [0.717, 1.165) is 32.4 Å². The molecule has 1 saturated heterocycles. The molecule has 2 heterocycles. The fourth-order valence-corrected chi connectivity index (χ4v) is 2.98. The van der Waals surface area contributed by atoms with Crippen LogP contribution in [0.3, 0.4) is 0 Å². The summed E-state index contributed by atoms with van der Waals surface area (Å²) in [5, 5.41) is 28.8. The van der Waals surface area contributed by atoms with E-state index in [1.54, 1.807) is 6.92 Å². The van der Waals surface area contributed by atoms with Crippen molar-refractivity contribution in [2.24, 2.45) is 0 Å². The highest BCUT2D eigenvalue weighted by molar-refractivity contribution is 5.72. The second kappa shape index (κ2) is 6.93. The highest BCUT2D eigenvalue weighted by atomic mass is 16.4. The predicted molar refractivity (Wildman–Crippen MR) is 80.0 cm³/mol. The van der Waals surface area contributed by atoms with Crippen LogP contribution in [0.4, 0.5) is 0 Å². The molecule has 1 aromatic heterocycles. The lowest BCUT2D eigenvalue weighted by Crippen LogP contribution is -2.34. The minimum atomic E-state index is -1.22. The maximum Gasteiger partial charge on any atom is 0.329 e. The number of carbonyl (C=O) groups is 1. The molecular weight excluding hydrogens is 288 g/mol. The Hall–Kier alpha value is -1.86. The van der Waals surface area contributed by atoms with Crippen LogP contribution < -0.4 is 5.43 Å². The van der Waals surface area contributed by atoms with Gasteiger partial charge in [0.1, 0.15) is 0 Å². The van der Waals surface area contributed by atoms with Crippen LogP contribution >= 0.6 is 0 Å². The van der Waals surface area contributed by atoms with E-state index in [1.807, 2.05) is 0 Å². The van der Waals surface area contributed by atoms with Crippen molar-refractivity contribution in [1.29, 1.82) is 0 Å². The van der Waals surface area contributed by atoms with Gasteiger partial charge in [-0.25, -0.2) is 4.79 Å². The highest BCUT2D eigenvalue weighted by Crippen LogP contribution is 2.23. The Morgan fingerprint density at radius 1 is 1.32 bits per heavy atom. The van der Waals surface area contributed by atoms with Crippen LogP contribution in [-0.2, 0) is 11.3 Å². The molecule has 0 amide bonds. The number of rotatable bonds is 5. The molecule has 2 rings (SSSR count). The first-order valence-corrected chi connectivity index (χ1v) is 7.45. The summed E-state index contributed by atoms with van der Waals surface area (Å²) in [6.45, 7) is 2.99. The monoisotopic (exact) mass is 310 g/mol. The number of aromatic nitrogens is 1. The normalized spacial score (nSPS) is 17.4. The van der Waals surface area contributed by atoms with Gasteiger partial charge in [-0.15, -0.1) is 0 Å². The quantitative estimate of drug-likeness (QED) is 0.730. The Bertz CT molecular complexity index is 605. The number of piperidine rings is 1. The SMILES string of the molecule is Cc1cc(=O)c(O)c(CN2CCCCC2)n1C(CO)C(=O)O. The Kier molecular flexibility index (Phi) is 5.20. The van der Waals surface area contributed by atoms with E-state index < -0.39 is 29.8 Å². The standard InChI is InChI=1S/C15H22N2O5/c1-10-7-13(19)14(20)11(8-16-5-3-2-4-6-16)17(10)12(9-18)15(21)22/h7,12,18,20H,2-6,8-9H2,1H3,(H,21,22). The van der Waals surface area contributed by atoms with Gasteiger partial charge in [0.25, 0.3) is 0 Å². The van der Waals surface area contributed by atoms with Gasteiger partial charge in [0.15, 0.2) is 11.8 Å². The molecule has 3 N–H and O–H groups in total. The number of aromatic hydroxyl groups is 1. The van der Waals surface area contributed by atoms with E-state index in [-0.39, 0.29) is 5.69 Å². The molecule has 122 valence electrons. The van der Waals surface area contributed by atoms with Crippen LogP contribution in [0.25, 0.3) is 0 Å². The number of nitrogens with zero attached hydrogens (tertiary/aromatic N) is 2. The van der Waals surface area contributed by atoms with Crippen molar-refractivity contribution >= 4 is 5.97 Å². The minimum Gasteiger partial charge on any atom is -0.503 e. The molecule has 1 aliphatic rings. The third kappa shape index (κ3) is 3.31. The lowest BCUT2D eigenvalue weighted by Gasteiger charge is -2.30. The smallest absolute Gasteiger partial charge is 0.329 e. The van der Waals surface area contributed by atoms with Crippen molar-refractivity contribution < 1.29 is 20.1 Å². The van der Waals surface area contributed by atoms with Crippen LogP contribution in [-0.4, -0.2) is 50.5 Å². The summed E-state index contributed by atoms with van der Waals surface area (Å²) in [4.78, 5) is 25.3. The topological polar surface area (TPSA) is 103 Å². The largest absolute Gasteiger partial charge is 0.503 e. The van der Waals surface area contributed by atoms with Gasteiger partial charge in [0, 0.05) is 18.3 Å². The fourth-order valence-electron chi connectivity index (χ4n) is 2.98. The van der Waals surface area contributed by atoms with Crippen LogP contribution in [0.5, 0.6) is 5.75 Å². The first kappa shape index (κ1) is 16.5. The van der Waals surface area contributed by atoms with E-state index in [0.29, 0.717) is 12.2 Å². The van der Waals surface area contributed by atoms with Gasteiger partial charge in [0.2, 0.25) is 5.43 Å². The maximum absolute atomic E-state index is 11.8. The number of likely N-dealkylation sites (tertiary alicyclic amines) is 1. The lowest BCUT2D eigenvalue weighted by molar-refractivity contribution is -0.142. The van der Waals surface area contributed by atoms with Crippen molar-refractivity contribution in [2.45, 2.75) is 38.8 Å². The molecular formula is C15H22N2O5. The molecule has 1 aromatic rings. The summed E-state index contributed by atoms with van der Waals surface area (Å²) in [6.07, 6.45) is 3.23. The summed E-state index contributed by atoms with van der Waals surface area (Å²) in [7, 11) is 0. The van der Waals surface area contributed by atoms with E-state index >= 15 is 0 Å². The van der Waals surface area contributed by atoms with Gasteiger partial charge in [-0.05, 0) is 32.9 Å². The summed E-state index contributed by atoms with van der Waals surface area (Å²) in [6, 6.07) is -0.0213. The third-order valence-electron chi connectivity index (χ3n) is 4.11. The molecule has 0 bridgehead atoms. The number of hydrogen-bond acceptors (Lipinski definition) is 5. The van der Waals surface area contributed by atoms with Gasteiger partial charge >= 0.3 is 5.97 Å². The third-order valence-corrected chi connectivity index (χ3v) is 4.11. The van der Waals surface area contributed by atoms with Crippen molar-refractivity contribution in [1.82, 2.24) is 9.47 Å². The number of hydrogen-bond donors (Lipinski definition) is 3. The first-order valence-electron chi connectivity index (χ1n) is 7.45. The lowest BCUT2D eigenvalue weighted by atomic mass is 10.1. The zero-order chi connectivity index (χ0) is 16.3. The van der Waals surface area contributed by atoms with Crippen LogP contribution in [0, 0.1) is 6.92 Å². The molecule has 0 spiro atoms. The zero-order valence-corrected chi connectivity index (χ0v) is 12.7. The Morgan fingerprint density at radius 3 is 2.50 bits per heavy atom. The van der Waals surface area contributed by atoms with Crippen molar-refractivity contribution in [3.05, 3.63) is 27.7 Å². The number of aliphatic carboxylic acids is 1. The molecule has 1 atom stereocenters. The molecule has 7 nitrogen and oxygen atoms in total. The Balaban J connectivity index is 2.48. The molecule has 0 saturated carbocycles. The first-order chi connectivity index (χ1) is 10.5. The number of carboxylic acid groups (broad SMARTS) is 1. The molecule has 22 heavy (non-hydrogen) atoms. The number of carboxylic acids is 1. The molecule has 1 aliphatic heterocycles. The molecule has 0 radical (unpaired) electrons. The summed E-state index contributed by atoms with van der Waals surface area (Å²) in [5.41, 5.74) is 0.146. The van der Waals surface area contributed by atoms with Crippen molar-refractivity contribution in [3.63, 3.8) is 0 Å². The summed E-state index contributed by atoms with van der Waals surface area (Å²) in [5.74, 6) is -1.63. The fraction of sp³-hybridized carbons (Fsp3) is 0.600. The molecule has 1 fully saturated rings. The number of pyridine rings is 1. The molecule has 7 heteroatoms. The number of aryl methyl sites for hydroxylation is 1. The average Bonchev–Trinajstić information content (AvgIpc) is 2.49. The van der Waals surface area contributed by atoms with Crippen LogP contribution in [0.15, 0.2) is 10.9 Å². The van der Waals surface area contributed by atoms with Crippen LogP contribution in [0.1, 0.15) is 36.7 Å². The van der Waals surface area contributed by atoms with E-state index in [1.165, 1.54) is 10.6 Å². The Morgan fingerprint density at radius 2 is 1.95 bits per heavy atom. The summed E-state index contributed by atoms with van der Waals surface area (Å²) < 4.78 is 1.35. The molecule has 0 aromatic carbocycles. The van der Waals surface area contributed by atoms with E-state index in [4.69, 9.17) is 0 Å². The van der Waals surface area contributed by atoms with Gasteiger partial charge < -0.3 is 19.9 Å². The van der Waals surface area contributed by atoms with Gasteiger partial charge in [-0.3, -0.25) is 9.69 Å². The number of aliphatic hydroxyl groups excluding tert-OH is 1. The minimum absolute atomic E-state index is 0.258.